The van der Waals surface area contributed by atoms with Crippen molar-refractivity contribution in [3.63, 3.8) is 0 Å². The lowest BCUT2D eigenvalue weighted by Crippen LogP contribution is -1.87. The zero-order valence-corrected chi connectivity index (χ0v) is 11.8. The first-order chi connectivity index (χ1) is 10.8. The van der Waals surface area contributed by atoms with Crippen LogP contribution in [0.4, 0.5) is 0 Å². The van der Waals surface area contributed by atoms with Gasteiger partial charge in [-0.05, 0) is 36.4 Å². The van der Waals surface area contributed by atoms with Gasteiger partial charge in [0, 0.05) is 17.3 Å². The molecular formula is C19H14N2O. The minimum Gasteiger partial charge on any atom is -0.508 e. The minimum absolute atomic E-state index is 0.257. The highest BCUT2D eigenvalue weighted by molar-refractivity contribution is 5.81. The molecule has 0 aliphatic rings. The van der Waals surface area contributed by atoms with E-state index in [1.54, 1.807) is 12.1 Å². The summed E-state index contributed by atoms with van der Waals surface area (Å²) in [4.78, 5) is 4.84. The molecule has 0 bridgehead atoms. The molecule has 4 rings (SSSR count). The maximum Gasteiger partial charge on any atom is 0.145 e. The molecule has 3 nitrogen and oxygen atoms in total. The highest BCUT2D eigenvalue weighted by Gasteiger charge is 2.13. The first-order valence-corrected chi connectivity index (χ1v) is 7.15. The molecule has 106 valence electrons. The molecule has 0 radical (unpaired) electrons. The zero-order valence-electron chi connectivity index (χ0n) is 11.8. The Labute approximate surface area is 128 Å². The molecule has 0 saturated heterocycles. The van der Waals surface area contributed by atoms with E-state index >= 15 is 0 Å². The van der Waals surface area contributed by atoms with E-state index in [4.69, 9.17) is 4.98 Å². The number of hydrogen-bond donors (Lipinski definition) is 1. The summed E-state index contributed by atoms with van der Waals surface area (Å²) in [7, 11) is 0. The highest BCUT2D eigenvalue weighted by atomic mass is 16.3. The summed E-state index contributed by atoms with van der Waals surface area (Å²) in [5.41, 5.74) is 4.10. The molecule has 0 atom stereocenters. The summed E-state index contributed by atoms with van der Waals surface area (Å²) in [6.45, 7) is 0. The van der Waals surface area contributed by atoms with Crippen LogP contribution in [0.3, 0.4) is 0 Å². The number of pyridine rings is 1. The van der Waals surface area contributed by atoms with Crippen LogP contribution in [0.1, 0.15) is 0 Å². The first-order valence-electron chi connectivity index (χ1n) is 7.15. The Morgan fingerprint density at radius 2 is 1.45 bits per heavy atom. The van der Waals surface area contributed by atoms with Crippen LogP contribution in [0.25, 0.3) is 28.2 Å². The summed E-state index contributed by atoms with van der Waals surface area (Å²) < 4.78 is 2.08. The molecule has 2 aromatic heterocycles. The van der Waals surface area contributed by atoms with Crippen molar-refractivity contribution >= 4 is 5.52 Å². The minimum atomic E-state index is 0.257. The van der Waals surface area contributed by atoms with Gasteiger partial charge in [0.2, 0.25) is 0 Å². The van der Waals surface area contributed by atoms with E-state index in [2.05, 4.69) is 22.6 Å². The van der Waals surface area contributed by atoms with Crippen molar-refractivity contribution in [2.24, 2.45) is 0 Å². The van der Waals surface area contributed by atoms with E-state index in [0.717, 1.165) is 28.2 Å². The van der Waals surface area contributed by atoms with Gasteiger partial charge in [0.15, 0.2) is 0 Å². The highest BCUT2D eigenvalue weighted by Crippen LogP contribution is 2.29. The third-order valence-electron chi connectivity index (χ3n) is 3.72. The molecule has 0 fully saturated rings. The van der Waals surface area contributed by atoms with Gasteiger partial charge in [-0.3, -0.25) is 4.40 Å². The number of fused-ring (bicyclic) bond motifs is 1. The summed E-state index contributed by atoms with van der Waals surface area (Å²) in [5, 5.41) is 9.47. The van der Waals surface area contributed by atoms with Gasteiger partial charge < -0.3 is 5.11 Å². The van der Waals surface area contributed by atoms with Gasteiger partial charge in [0.25, 0.3) is 0 Å². The smallest absolute Gasteiger partial charge is 0.145 e. The van der Waals surface area contributed by atoms with Crippen LogP contribution in [0.2, 0.25) is 0 Å². The van der Waals surface area contributed by atoms with Crippen LogP contribution >= 0.6 is 0 Å². The zero-order chi connectivity index (χ0) is 14.9. The van der Waals surface area contributed by atoms with Gasteiger partial charge in [-0.1, -0.05) is 36.4 Å². The molecule has 0 amide bonds. The first kappa shape index (κ1) is 12.7. The van der Waals surface area contributed by atoms with E-state index in [9.17, 15) is 5.11 Å². The summed E-state index contributed by atoms with van der Waals surface area (Å²) in [5.74, 6) is 1.13. The standard InChI is InChI=1S/C19H14N2O/c22-16-11-9-15(10-12-16)19-20-18(14-6-2-1-3-7-14)17-8-4-5-13-21(17)19/h1-13,22H. The number of phenols is 1. The fourth-order valence-corrected chi connectivity index (χ4v) is 2.66. The maximum absolute atomic E-state index is 9.47. The fourth-order valence-electron chi connectivity index (χ4n) is 2.66. The van der Waals surface area contributed by atoms with Crippen LogP contribution in [-0.4, -0.2) is 14.5 Å². The van der Waals surface area contributed by atoms with Crippen LogP contribution < -0.4 is 0 Å². The topological polar surface area (TPSA) is 37.5 Å². The van der Waals surface area contributed by atoms with Crippen molar-refractivity contribution < 1.29 is 5.11 Å². The number of rotatable bonds is 2. The normalized spacial score (nSPS) is 10.9. The monoisotopic (exact) mass is 286 g/mol. The lowest BCUT2D eigenvalue weighted by Gasteiger charge is -2.01. The lowest BCUT2D eigenvalue weighted by molar-refractivity contribution is 0.475. The largest absolute Gasteiger partial charge is 0.508 e. The van der Waals surface area contributed by atoms with Gasteiger partial charge in [0.05, 0.1) is 11.2 Å². The van der Waals surface area contributed by atoms with Crippen LogP contribution in [0.15, 0.2) is 79.0 Å². The van der Waals surface area contributed by atoms with Crippen LogP contribution in [0.5, 0.6) is 5.75 Å². The van der Waals surface area contributed by atoms with E-state index in [-0.39, 0.29) is 5.75 Å². The molecule has 3 heteroatoms. The van der Waals surface area contributed by atoms with Crippen molar-refractivity contribution in [1.29, 1.82) is 0 Å². The van der Waals surface area contributed by atoms with E-state index in [1.165, 1.54) is 0 Å². The van der Waals surface area contributed by atoms with E-state index in [0.29, 0.717) is 0 Å². The number of imidazole rings is 1. The van der Waals surface area contributed by atoms with Crippen molar-refractivity contribution in [3.8, 4) is 28.4 Å². The number of hydrogen-bond acceptors (Lipinski definition) is 2. The quantitative estimate of drug-likeness (QED) is 0.594. The summed E-state index contributed by atoms with van der Waals surface area (Å²) in [6, 6.07) is 23.4. The van der Waals surface area contributed by atoms with Crippen molar-refractivity contribution in [2.45, 2.75) is 0 Å². The molecule has 1 N–H and O–H groups in total. The number of phenolic OH excluding ortho intramolecular Hbond substituents is 1. The third kappa shape index (κ3) is 2.04. The molecule has 0 aliphatic carbocycles. The second-order valence-corrected chi connectivity index (χ2v) is 5.15. The molecule has 2 aromatic carbocycles. The Morgan fingerprint density at radius 3 is 2.23 bits per heavy atom. The average molecular weight is 286 g/mol. The Balaban J connectivity index is 1.99. The number of benzene rings is 2. The second kappa shape index (κ2) is 5.04. The molecule has 0 aliphatic heterocycles. The van der Waals surface area contributed by atoms with Crippen molar-refractivity contribution in [1.82, 2.24) is 9.38 Å². The predicted molar refractivity (Wildman–Crippen MR) is 87.7 cm³/mol. The molecular weight excluding hydrogens is 272 g/mol. The molecule has 0 saturated carbocycles. The molecule has 0 unspecified atom stereocenters. The Morgan fingerprint density at radius 1 is 0.727 bits per heavy atom. The molecule has 4 aromatic rings. The Bertz CT molecular complexity index is 925. The molecule has 22 heavy (non-hydrogen) atoms. The van der Waals surface area contributed by atoms with Crippen LogP contribution in [-0.2, 0) is 0 Å². The van der Waals surface area contributed by atoms with Crippen LogP contribution in [0, 0.1) is 0 Å². The van der Waals surface area contributed by atoms with Gasteiger partial charge in [-0.15, -0.1) is 0 Å². The van der Waals surface area contributed by atoms with Crippen molar-refractivity contribution in [3.05, 3.63) is 79.0 Å². The van der Waals surface area contributed by atoms with E-state index < -0.39 is 0 Å². The Kier molecular flexibility index (Phi) is 2.90. The molecule has 2 heterocycles. The maximum atomic E-state index is 9.47. The number of nitrogens with zero attached hydrogens (tertiary/aromatic N) is 2. The summed E-state index contributed by atoms with van der Waals surface area (Å²) >= 11 is 0. The van der Waals surface area contributed by atoms with Gasteiger partial charge >= 0.3 is 0 Å². The lowest BCUT2D eigenvalue weighted by atomic mass is 10.1. The molecule has 0 spiro atoms. The Hall–Kier alpha value is -3.07. The van der Waals surface area contributed by atoms with Gasteiger partial charge in [-0.25, -0.2) is 4.98 Å². The van der Waals surface area contributed by atoms with Gasteiger partial charge in [0.1, 0.15) is 11.6 Å². The predicted octanol–water partition coefficient (Wildman–Crippen LogP) is 4.37. The van der Waals surface area contributed by atoms with Gasteiger partial charge in [-0.2, -0.15) is 0 Å². The second-order valence-electron chi connectivity index (χ2n) is 5.15. The third-order valence-corrected chi connectivity index (χ3v) is 3.72. The number of aromatic hydroxyl groups is 1. The summed E-state index contributed by atoms with van der Waals surface area (Å²) in [6.07, 6.45) is 2.01. The SMILES string of the molecule is Oc1ccc(-c2nc(-c3ccccc3)c3ccccn23)cc1. The van der Waals surface area contributed by atoms with E-state index in [1.807, 2.05) is 48.7 Å². The van der Waals surface area contributed by atoms with Crippen molar-refractivity contribution in [2.75, 3.05) is 0 Å². The average Bonchev–Trinajstić information content (AvgIpc) is 2.96. The number of aromatic nitrogens is 2. The fraction of sp³-hybridized carbons (Fsp3) is 0.